The van der Waals surface area contributed by atoms with Crippen LogP contribution < -0.4 is 5.32 Å². The van der Waals surface area contributed by atoms with Gasteiger partial charge in [-0.15, -0.1) is 11.3 Å². The lowest BCUT2D eigenvalue weighted by molar-refractivity contribution is 0.125. The maximum atomic E-state index is 12.7. The highest BCUT2D eigenvalue weighted by molar-refractivity contribution is 7.11. The molecule has 6 heteroatoms. The van der Waals surface area contributed by atoms with E-state index in [1.807, 2.05) is 31.3 Å². The second kappa shape index (κ2) is 7.32. The lowest BCUT2D eigenvalue weighted by Gasteiger charge is -2.36. The number of rotatable bonds is 4. The third-order valence-electron chi connectivity index (χ3n) is 4.48. The van der Waals surface area contributed by atoms with Gasteiger partial charge in [-0.05, 0) is 30.9 Å². The molecule has 2 amide bonds. The molecule has 2 unspecified atom stereocenters. The number of hydrogen-bond acceptors (Lipinski definition) is 4. The molecule has 0 radical (unpaired) electrons. The summed E-state index contributed by atoms with van der Waals surface area (Å²) in [5, 5.41) is 13.7. The quantitative estimate of drug-likeness (QED) is 0.895. The van der Waals surface area contributed by atoms with Crippen molar-refractivity contribution in [2.45, 2.75) is 38.8 Å². The number of nitrogens with one attached hydrogen (secondary N) is 1. The van der Waals surface area contributed by atoms with Crippen molar-refractivity contribution in [1.82, 2.24) is 15.2 Å². The number of aliphatic hydroxyl groups is 1. The summed E-state index contributed by atoms with van der Waals surface area (Å²) in [5.41, 5.74) is 2.25. The summed E-state index contributed by atoms with van der Waals surface area (Å²) < 4.78 is 0. The van der Waals surface area contributed by atoms with Crippen molar-refractivity contribution in [3.8, 4) is 0 Å². The van der Waals surface area contributed by atoms with Gasteiger partial charge in [-0.3, -0.25) is 0 Å². The molecule has 1 aromatic carbocycles. The third kappa shape index (κ3) is 3.30. The van der Waals surface area contributed by atoms with Gasteiger partial charge < -0.3 is 15.3 Å². The maximum absolute atomic E-state index is 12.7. The molecule has 0 saturated carbocycles. The van der Waals surface area contributed by atoms with E-state index >= 15 is 0 Å². The Bertz CT molecular complexity index is 716. The summed E-state index contributed by atoms with van der Waals surface area (Å²) >= 11 is 1.63. The summed E-state index contributed by atoms with van der Waals surface area (Å²) in [6, 6.07) is 7.44. The third-order valence-corrected chi connectivity index (χ3v) is 5.80. The van der Waals surface area contributed by atoms with E-state index in [-0.39, 0.29) is 24.7 Å². The molecule has 3 rings (SSSR count). The minimum atomic E-state index is -0.287. The molecule has 0 fully saturated rings. The first-order valence-electron chi connectivity index (χ1n) is 8.34. The Balaban J connectivity index is 1.72. The van der Waals surface area contributed by atoms with Gasteiger partial charge in [0.1, 0.15) is 5.01 Å². The van der Waals surface area contributed by atoms with E-state index in [4.69, 9.17) is 0 Å². The van der Waals surface area contributed by atoms with Gasteiger partial charge in [0.15, 0.2) is 0 Å². The van der Waals surface area contributed by atoms with Crippen LogP contribution in [0.4, 0.5) is 4.79 Å². The van der Waals surface area contributed by atoms with Crippen molar-refractivity contribution < 1.29 is 9.90 Å². The fourth-order valence-electron chi connectivity index (χ4n) is 3.11. The van der Waals surface area contributed by atoms with Gasteiger partial charge in [-0.2, -0.15) is 0 Å². The Kier molecular flexibility index (Phi) is 5.16. The number of carbonyl (C=O) groups is 1. The molecule has 0 spiro atoms. The predicted octanol–water partition coefficient (Wildman–Crippen LogP) is 3.07. The molecule has 2 heterocycles. The Morgan fingerprint density at radius 2 is 2.29 bits per heavy atom. The van der Waals surface area contributed by atoms with Crippen molar-refractivity contribution in [1.29, 1.82) is 0 Å². The van der Waals surface area contributed by atoms with Gasteiger partial charge in [-0.25, -0.2) is 9.78 Å². The summed E-state index contributed by atoms with van der Waals surface area (Å²) in [5.74, 6) is 0. The number of amides is 2. The first-order valence-corrected chi connectivity index (χ1v) is 9.16. The number of aryl methyl sites for hydroxylation is 1. The molecule has 128 valence electrons. The van der Waals surface area contributed by atoms with Crippen LogP contribution in [0.15, 0.2) is 30.5 Å². The Morgan fingerprint density at radius 3 is 3.00 bits per heavy atom. The first-order chi connectivity index (χ1) is 11.6. The number of urea groups is 1. The fourth-order valence-corrected chi connectivity index (χ4v) is 3.97. The summed E-state index contributed by atoms with van der Waals surface area (Å²) in [6.07, 6.45) is 3.63. The molecular weight excluding hydrogens is 322 g/mol. The standard InChI is InChI=1S/C18H23N3O2S/c1-3-14-10-19-17(24-14)12(2)20-18(23)21-9-8-13-6-4-5-7-15(13)16(21)11-22/h4-7,10,12,16,22H,3,8-9,11H2,1-2H3,(H,20,23). The average molecular weight is 345 g/mol. The molecule has 1 aromatic heterocycles. The summed E-state index contributed by atoms with van der Waals surface area (Å²) in [4.78, 5) is 20.1. The molecular formula is C18H23N3O2S. The van der Waals surface area contributed by atoms with Crippen LogP contribution in [0, 0.1) is 0 Å². The van der Waals surface area contributed by atoms with Crippen LogP contribution in [0.25, 0.3) is 0 Å². The number of nitrogens with zero attached hydrogens (tertiary/aromatic N) is 2. The SMILES string of the molecule is CCc1cnc(C(C)NC(=O)N2CCc3ccccc3C2CO)s1. The maximum Gasteiger partial charge on any atom is 0.318 e. The monoisotopic (exact) mass is 345 g/mol. The van der Waals surface area contributed by atoms with Crippen LogP contribution in [0.3, 0.4) is 0 Å². The number of fused-ring (bicyclic) bond motifs is 1. The lowest BCUT2D eigenvalue weighted by atomic mass is 9.93. The largest absolute Gasteiger partial charge is 0.394 e. The molecule has 0 aliphatic carbocycles. The van der Waals surface area contributed by atoms with Crippen LogP contribution in [0.2, 0.25) is 0 Å². The van der Waals surface area contributed by atoms with Gasteiger partial charge in [0.05, 0.1) is 18.7 Å². The van der Waals surface area contributed by atoms with Crippen molar-refractivity contribution in [3.05, 3.63) is 51.5 Å². The van der Waals surface area contributed by atoms with E-state index in [0.29, 0.717) is 6.54 Å². The van der Waals surface area contributed by atoms with E-state index in [1.165, 1.54) is 10.4 Å². The van der Waals surface area contributed by atoms with Crippen LogP contribution in [-0.2, 0) is 12.8 Å². The fraction of sp³-hybridized carbons (Fsp3) is 0.444. The molecule has 2 atom stereocenters. The highest BCUT2D eigenvalue weighted by Crippen LogP contribution is 2.30. The minimum absolute atomic E-state index is 0.0734. The van der Waals surface area contributed by atoms with Gasteiger partial charge in [0, 0.05) is 17.6 Å². The zero-order chi connectivity index (χ0) is 17.1. The molecule has 2 aromatic rings. The van der Waals surface area contributed by atoms with Crippen molar-refractivity contribution in [3.63, 3.8) is 0 Å². The smallest absolute Gasteiger partial charge is 0.318 e. The van der Waals surface area contributed by atoms with Gasteiger partial charge >= 0.3 is 6.03 Å². The summed E-state index contributed by atoms with van der Waals surface area (Å²) in [7, 11) is 0. The second-order valence-electron chi connectivity index (χ2n) is 6.03. The normalized spacial score (nSPS) is 18.1. The van der Waals surface area contributed by atoms with Gasteiger partial charge in [0.25, 0.3) is 0 Å². The van der Waals surface area contributed by atoms with Gasteiger partial charge in [0.2, 0.25) is 0 Å². The Morgan fingerprint density at radius 1 is 1.50 bits per heavy atom. The molecule has 5 nitrogen and oxygen atoms in total. The molecule has 24 heavy (non-hydrogen) atoms. The van der Waals surface area contributed by atoms with E-state index < -0.39 is 0 Å². The number of carbonyl (C=O) groups excluding carboxylic acids is 1. The molecule has 0 saturated heterocycles. The number of aromatic nitrogens is 1. The van der Waals surface area contributed by atoms with E-state index in [0.717, 1.165) is 23.4 Å². The molecule has 2 N–H and O–H groups in total. The molecule has 1 aliphatic heterocycles. The Labute approximate surface area is 146 Å². The van der Waals surface area contributed by atoms with E-state index in [1.54, 1.807) is 16.2 Å². The Hall–Kier alpha value is -1.92. The zero-order valence-corrected chi connectivity index (χ0v) is 14.8. The van der Waals surface area contributed by atoms with E-state index in [2.05, 4.69) is 23.3 Å². The van der Waals surface area contributed by atoms with Crippen molar-refractivity contribution >= 4 is 17.4 Å². The van der Waals surface area contributed by atoms with Crippen molar-refractivity contribution in [2.24, 2.45) is 0 Å². The number of aliphatic hydroxyl groups excluding tert-OH is 1. The van der Waals surface area contributed by atoms with E-state index in [9.17, 15) is 9.90 Å². The summed E-state index contributed by atoms with van der Waals surface area (Å²) in [6.45, 7) is 4.58. The van der Waals surface area contributed by atoms with Crippen LogP contribution in [-0.4, -0.2) is 34.2 Å². The lowest BCUT2D eigenvalue weighted by Crippen LogP contribution is -2.47. The molecule has 0 bridgehead atoms. The van der Waals surface area contributed by atoms with Crippen LogP contribution >= 0.6 is 11.3 Å². The second-order valence-corrected chi connectivity index (χ2v) is 7.18. The highest BCUT2D eigenvalue weighted by Gasteiger charge is 2.31. The average Bonchev–Trinajstić information content (AvgIpc) is 3.09. The van der Waals surface area contributed by atoms with Gasteiger partial charge in [-0.1, -0.05) is 31.2 Å². The molecule has 1 aliphatic rings. The minimum Gasteiger partial charge on any atom is -0.394 e. The number of thiazole rings is 1. The zero-order valence-electron chi connectivity index (χ0n) is 14.0. The van der Waals surface area contributed by atoms with Crippen LogP contribution in [0.1, 0.15) is 46.9 Å². The number of hydrogen-bond donors (Lipinski definition) is 2. The van der Waals surface area contributed by atoms with Crippen molar-refractivity contribution in [2.75, 3.05) is 13.2 Å². The number of benzene rings is 1. The van der Waals surface area contributed by atoms with Crippen LogP contribution in [0.5, 0.6) is 0 Å². The highest BCUT2D eigenvalue weighted by atomic mass is 32.1. The topological polar surface area (TPSA) is 65.5 Å². The predicted molar refractivity (Wildman–Crippen MR) is 95.1 cm³/mol. The first kappa shape index (κ1) is 16.9.